The van der Waals surface area contributed by atoms with Gasteiger partial charge in [0.2, 0.25) is 0 Å². The van der Waals surface area contributed by atoms with Gasteiger partial charge in [0.05, 0.1) is 28.1 Å². The number of fused-ring (bicyclic) bond motifs is 3. The van der Waals surface area contributed by atoms with E-state index in [0.717, 1.165) is 178 Å². The van der Waals surface area contributed by atoms with Crippen molar-refractivity contribution in [1.82, 2.24) is 15.0 Å². The average molecular weight is 1110 g/mol. The second-order valence-corrected chi connectivity index (χ2v) is 22.7. The lowest BCUT2D eigenvalue weighted by Crippen LogP contribution is -1.91. The van der Waals surface area contributed by atoms with Crippen molar-refractivity contribution in [3.63, 3.8) is 0 Å². The predicted molar refractivity (Wildman–Crippen MR) is 361 cm³/mol. The molecule has 22 bridgehead atoms. The molecular weight excluding hydrogens is 1050 g/mol. The van der Waals surface area contributed by atoms with Gasteiger partial charge in [-0.1, -0.05) is 218 Å². The Balaban J connectivity index is 0.782. The zero-order valence-electron chi connectivity index (χ0n) is 47.2. The first-order valence-electron chi connectivity index (χ1n) is 29.6. The van der Waals surface area contributed by atoms with Crippen molar-refractivity contribution in [3.05, 3.63) is 310 Å². The van der Waals surface area contributed by atoms with Crippen LogP contribution >= 0.6 is 0 Å². The van der Waals surface area contributed by atoms with Gasteiger partial charge in [-0.15, -0.1) is 0 Å². The Labute approximate surface area is 503 Å². The SMILES string of the molecule is c1ccc(-c2cccc3c2oc2cc(-c4cc5cc(c4)-c4cccc(c4)-c4ccc(cc4)-c4cccc(c4)-c4ccc(cc4)-c4ccc6ccc7ccc(nc7c6n4)-c4ccc(cc4)-c4cccc(c4)-c4ccc(cc4)-c4cccc-5c4)ccc23)nc1. The van der Waals surface area contributed by atoms with Gasteiger partial charge in [-0.2, -0.15) is 0 Å². The van der Waals surface area contributed by atoms with Gasteiger partial charge in [-0.05, 0) is 185 Å². The van der Waals surface area contributed by atoms with Crippen molar-refractivity contribution >= 4 is 43.7 Å². The van der Waals surface area contributed by atoms with Crippen molar-refractivity contribution in [2.45, 2.75) is 0 Å². The molecule has 0 fully saturated rings. The van der Waals surface area contributed by atoms with Crippen LogP contribution in [0, 0.1) is 0 Å². The molecule has 12 aromatic carbocycles. The number of furan rings is 1. The highest BCUT2D eigenvalue weighted by Gasteiger charge is 2.17. The van der Waals surface area contributed by atoms with E-state index in [4.69, 9.17) is 14.4 Å². The summed E-state index contributed by atoms with van der Waals surface area (Å²) in [5, 5.41) is 4.27. The molecule has 7 aliphatic heterocycles. The molecule has 0 saturated carbocycles. The van der Waals surface area contributed by atoms with Crippen LogP contribution in [0.1, 0.15) is 0 Å². The molecule has 0 unspecified atom stereocenters. The van der Waals surface area contributed by atoms with Crippen molar-refractivity contribution in [3.8, 4) is 134 Å². The third kappa shape index (κ3) is 9.16. The molecule has 23 rings (SSSR count). The van der Waals surface area contributed by atoms with Gasteiger partial charge < -0.3 is 4.42 Å². The Hall–Kier alpha value is -11.6. The highest BCUT2D eigenvalue weighted by Crippen LogP contribution is 2.42. The summed E-state index contributed by atoms with van der Waals surface area (Å²) < 4.78 is 6.78. The summed E-state index contributed by atoms with van der Waals surface area (Å²) in [5.74, 6) is 0. The second-order valence-electron chi connectivity index (χ2n) is 22.7. The van der Waals surface area contributed by atoms with Gasteiger partial charge in [0.1, 0.15) is 11.2 Å². The topological polar surface area (TPSA) is 51.8 Å². The van der Waals surface area contributed by atoms with Crippen LogP contribution in [0.15, 0.2) is 314 Å². The molecule has 0 N–H and O–H groups in total. The summed E-state index contributed by atoms with van der Waals surface area (Å²) >= 11 is 0. The largest absolute Gasteiger partial charge is 0.455 e. The smallest absolute Gasteiger partial charge is 0.144 e. The number of benzene rings is 12. The molecule has 4 nitrogen and oxygen atoms in total. The highest BCUT2D eigenvalue weighted by molar-refractivity contribution is 6.10. The molecule has 0 radical (unpaired) electrons. The summed E-state index contributed by atoms with van der Waals surface area (Å²) in [6.07, 6.45) is 1.83. The lowest BCUT2D eigenvalue weighted by atomic mass is 9.90. The van der Waals surface area contributed by atoms with E-state index in [-0.39, 0.29) is 0 Å². The fourth-order valence-corrected chi connectivity index (χ4v) is 12.8. The lowest BCUT2D eigenvalue weighted by Gasteiger charge is -2.14. The molecule has 404 valence electrons. The Morgan fingerprint density at radius 1 is 0.218 bits per heavy atom. The summed E-state index contributed by atoms with van der Waals surface area (Å²) in [6, 6.07) is 110. The first kappa shape index (κ1) is 50.0. The third-order valence-electron chi connectivity index (χ3n) is 17.5. The molecule has 16 aromatic rings. The molecule has 7 aliphatic rings. The van der Waals surface area contributed by atoms with Crippen LogP contribution in [0.4, 0.5) is 0 Å². The number of hydrogen-bond acceptors (Lipinski definition) is 4. The van der Waals surface area contributed by atoms with Gasteiger partial charge in [0, 0.05) is 44.4 Å². The van der Waals surface area contributed by atoms with Gasteiger partial charge in [-0.25, -0.2) is 9.97 Å². The minimum atomic E-state index is 0.837. The summed E-state index contributed by atoms with van der Waals surface area (Å²) in [5.41, 5.74) is 29.8. The number of rotatable bonds is 2. The van der Waals surface area contributed by atoms with Crippen molar-refractivity contribution in [1.29, 1.82) is 0 Å². The average Bonchev–Trinajstić information content (AvgIpc) is 2.83. The fraction of sp³-hybridized carbons (Fsp3) is 0. The molecule has 11 heterocycles. The Kier molecular flexibility index (Phi) is 11.9. The molecule has 0 aliphatic carbocycles. The second kappa shape index (κ2) is 20.6. The predicted octanol–water partition coefficient (Wildman–Crippen LogP) is 22.4. The number of aromatic nitrogens is 3. The van der Waals surface area contributed by atoms with Crippen LogP contribution in [0.25, 0.3) is 178 Å². The van der Waals surface area contributed by atoms with E-state index < -0.39 is 0 Å². The zero-order valence-corrected chi connectivity index (χ0v) is 47.2. The Morgan fingerprint density at radius 3 is 0.966 bits per heavy atom. The van der Waals surface area contributed by atoms with E-state index in [1.54, 1.807) is 0 Å². The van der Waals surface area contributed by atoms with Crippen LogP contribution in [0.3, 0.4) is 0 Å². The van der Waals surface area contributed by atoms with E-state index in [9.17, 15) is 0 Å². The summed E-state index contributed by atoms with van der Waals surface area (Å²) in [4.78, 5) is 15.3. The maximum absolute atomic E-state index is 6.78. The third-order valence-corrected chi connectivity index (χ3v) is 17.5. The van der Waals surface area contributed by atoms with Crippen LogP contribution in [-0.2, 0) is 0 Å². The van der Waals surface area contributed by atoms with E-state index in [0.29, 0.717) is 0 Å². The van der Waals surface area contributed by atoms with Crippen LogP contribution < -0.4 is 0 Å². The molecule has 87 heavy (non-hydrogen) atoms. The molecule has 0 amide bonds. The van der Waals surface area contributed by atoms with E-state index in [1.807, 2.05) is 24.4 Å². The van der Waals surface area contributed by atoms with Gasteiger partial charge in [0.15, 0.2) is 0 Å². The quantitative estimate of drug-likeness (QED) is 0.162. The van der Waals surface area contributed by atoms with E-state index >= 15 is 0 Å². The van der Waals surface area contributed by atoms with Crippen molar-refractivity contribution in [2.75, 3.05) is 0 Å². The Morgan fingerprint density at radius 2 is 0.563 bits per heavy atom. The molecule has 4 heteroatoms. The normalized spacial score (nSPS) is 11.7. The summed E-state index contributed by atoms with van der Waals surface area (Å²) in [6.45, 7) is 0. The first-order chi connectivity index (χ1) is 43.0. The maximum Gasteiger partial charge on any atom is 0.144 e. The number of para-hydroxylation sites is 1. The van der Waals surface area contributed by atoms with Gasteiger partial charge in [-0.3, -0.25) is 4.98 Å². The van der Waals surface area contributed by atoms with Crippen LogP contribution in [0.5, 0.6) is 0 Å². The number of hydrogen-bond donors (Lipinski definition) is 0. The minimum absolute atomic E-state index is 0.837. The van der Waals surface area contributed by atoms with E-state index in [1.165, 1.54) is 0 Å². The standard InChI is InChI=1S/C83H51N3O/c1-2-43-84-79(18-1)76-17-7-16-75-74-40-37-70(51-80(74)87-83(75)76)73-49-71-48-72(50-73)69-15-6-13-67(47-69)55-25-21-53(22-26-55)63-9-4-11-65(45-63)57-29-33-59(34-30-57)78-42-39-61-36-35-60-38-41-77(85-81(60)82(61)86-78)58-31-27-56(28-32-58)64-10-3-8-62(44-64)52-19-23-54(24-20-52)66-12-5-14-68(71)46-66/h1-51H. The molecule has 0 atom stereocenters. The zero-order chi connectivity index (χ0) is 57.4. The molecule has 0 saturated heterocycles. The van der Waals surface area contributed by atoms with Gasteiger partial charge >= 0.3 is 0 Å². The molecular formula is C83H51N3O. The molecule has 0 spiro atoms. The first-order valence-corrected chi connectivity index (χ1v) is 29.6. The fourth-order valence-electron chi connectivity index (χ4n) is 12.8. The Bertz CT molecular complexity index is 5100. The van der Waals surface area contributed by atoms with Crippen LogP contribution in [0.2, 0.25) is 0 Å². The summed E-state index contributed by atoms with van der Waals surface area (Å²) in [7, 11) is 0. The minimum Gasteiger partial charge on any atom is -0.455 e. The monoisotopic (exact) mass is 1110 g/mol. The molecule has 4 aromatic heterocycles. The lowest BCUT2D eigenvalue weighted by molar-refractivity contribution is 0.670. The highest BCUT2D eigenvalue weighted by atomic mass is 16.3. The number of pyridine rings is 3. The van der Waals surface area contributed by atoms with Gasteiger partial charge in [0.25, 0.3) is 0 Å². The van der Waals surface area contributed by atoms with E-state index in [2.05, 4.69) is 290 Å². The van der Waals surface area contributed by atoms with Crippen LogP contribution in [-0.4, -0.2) is 15.0 Å². The van der Waals surface area contributed by atoms with Crippen molar-refractivity contribution in [2.24, 2.45) is 0 Å². The van der Waals surface area contributed by atoms with Crippen molar-refractivity contribution < 1.29 is 4.42 Å². The maximum atomic E-state index is 6.78. The number of nitrogens with zero attached hydrogens (tertiary/aromatic N) is 3.